The van der Waals surface area contributed by atoms with Crippen LogP contribution in [-0.4, -0.2) is 36.3 Å². The first kappa shape index (κ1) is 13.3. The first-order valence-electron chi connectivity index (χ1n) is 5.45. The van der Waals surface area contributed by atoms with Crippen LogP contribution in [0.3, 0.4) is 0 Å². The van der Waals surface area contributed by atoms with Crippen LogP contribution in [0.5, 0.6) is 0 Å². The molecule has 0 radical (unpaired) electrons. The molecule has 92 valence electrons. The number of nitrogens with zero attached hydrogens (tertiary/aromatic N) is 2. The Morgan fingerprint density at radius 1 is 1.35 bits per heavy atom. The molecule has 0 aromatic heterocycles. The van der Waals surface area contributed by atoms with Crippen molar-refractivity contribution in [2.24, 2.45) is 21.3 Å². The molecule has 2 atom stereocenters. The van der Waals surface area contributed by atoms with E-state index in [9.17, 15) is 19.5 Å². The van der Waals surface area contributed by atoms with Crippen molar-refractivity contribution in [2.45, 2.75) is 25.7 Å². The van der Waals surface area contributed by atoms with Crippen LogP contribution in [0.1, 0.15) is 25.7 Å². The van der Waals surface area contributed by atoms with Crippen molar-refractivity contribution >= 4 is 18.1 Å². The van der Waals surface area contributed by atoms with Gasteiger partial charge in [0.1, 0.15) is 0 Å². The van der Waals surface area contributed by atoms with E-state index >= 15 is 0 Å². The van der Waals surface area contributed by atoms with E-state index in [2.05, 4.69) is 9.98 Å². The number of hydrogen-bond acceptors (Lipinski definition) is 5. The summed E-state index contributed by atoms with van der Waals surface area (Å²) in [6, 6.07) is 0. The number of carbonyl (C=O) groups is 1. The Balaban J connectivity index is 2.79. The second kappa shape index (κ2) is 6.09. The molecule has 0 bridgehead atoms. The van der Waals surface area contributed by atoms with Crippen molar-refractivity contribution in [1.29, 1.82) is 0 Å². The first-order chi connectivity index (χ1) is 8.14. The van der Waals surface area contributed by atoms with Crippen LogP contribution >= 0.6 is 0 Å². The van der Waals surface area contributed by atoms with Gasteiger partial charge in [0.05, 0.1) is 18.5 Å². The smallest absolute Gasteiger partial charge is 0.311 e. The zero-order chi connectivity index (χ0) is 12.7. The summed E-state index contributed by atoms with van der Waals surface area (Å²) in [6.07, 6.45) is 5.29. The molecule has 1 aliphatic rings. The van der Waals surface area contributed by atoms with E-state index in [1.807, 2.05) is 0 Å². The van der Waals surface area contributed by atoms with Gasteiger partial charge in [0.25, 0.3) is 0 Å². The average Bonchev–Trinajstić information content (AvgIpc) is 2.34. The highest BCUT2D eigenvalue weighted by Crippen LogP contribution is 2.40. The van der Waals surface area contributed by atoms with Crippen LogP contribution in [0.25, 0.3) is 0 Å². The quantitative estimate of drug-likeness (QED) is 0.569. The highest BCUT2D eigenvalue weighted by atomic mass is 16.4. The summed E-state index contributed by atoms with van der Waals surface area (Å²) in [5.74, 6) is -0.903. The van der Waals surface area contributed by atoms with E-state index in [4.69, 9.17) is 0 Å². The summed E-state index contributed by atoms with van der Waals surface area (Å²) in [7, 11) is 0. The molecular weight excluding hydrogens is 224 g/mol. The van der Waals surface area contributed by atoms with Crippen molar-refractivity contribution < 1.29 is 19.5 Å². The van der Waals surface area contributed by atoms with Gasteiger partial charge < -0.3 is 5.11 Å². The first-order valence-corrected chi connectivity index (χ1v) is 5.45. The number of isocyanates is 2. The fourth-order valence-electron chi connectivity index (χ4n) is 2.40. The molecule has 1 saturated carbocycles. The van der Waals surface area contributed by atoms with Gasteiger partial charge in [0.2, 0.25) is 12.2 Å². The number of aliphatic imine (C=N–C) groups is 2. The summed E-state index contributed by atoms with van der Waals surface area (Å²) >= 11 is 0. The van der Waals surface area contributed by atoms with Gasteiger partial charge in [-0.2, -0.15) is 0 Å². The van der Waals surface area contributed by atoms with E-state index in [0.717, 1.165) is 12.8 Å². The maximum absolute atomic E-state index is 11.3. The lowest BCUT2D eigenvalue weighted by Crippen LogP contribution is -2.39. The fraction of sp³-hybridized carbons (Fsp3) is 0.727. The predicted octanol–water partition coefficient (Wildman–Crippen LogP) is 0.919. The molecule has 6 heteroatoms. The molecule has 0 aromatic carbocycles. The Bertz CT molecular complexity index is 383. The third-order valence-corrected chi connectivity index (χ3v) is 3.26. The monoisotopic (exact) mass is 238 g/mol. The molecule has 17 heavy (non-hydrogen) atoms. The Labute approximate surface area is 98.5 Å². The molecule has 0 aliphatic heterocycles. The molecule has 1 rings (SSSR count). The third kappa shape index (κ3) is 3.34. The molecule has 1 fully saturated rings. The largest absolute Gasteiger partial charge is 0.481 e. The maximum atomic E-state index is 11.3. The van der Waals surface area contributed by atoms with Gasteiger partial charge >= 0.3 is 5.97 Å². The summed E-state index contributed by atoms with van der Waals surface area (Å²) in [4.78, 5) is 38.4. The van der Waals surface area contributed by atoms with E-state index in [1.165, 1.54) is 12.2 Å². The average molecular weight is 238 g/mol. The Morgan fingerprint density at radius 2 is 2.06 bits per heavy atom. The molecule has 1 aliphatic carbocycles. The van der Waals surface area contributed by atoms with Gasteiger partial charge in [-0.3, -0.25) is 4.79 Å². The molecule has 0 heterocycles. The number of hydrogen-bond donors (Lipinski definition) is 1. The number of aliphatic carboxylic acids is 1. The second-order valence-electron chi connectivity index (χ2n) is 4.39. The topological polar surface area (TPSA) is 96.2 Å². The number of carbonyl (C=O) groups excluding carboxylic acids is 2. The summed E-state index contributed by atoms with van der Waals surface area (Å²) in [6.45, 7) is 0.246. The van der Waals surface area contributed by atoms with Crippen molar-refractivity contribution in [3.05, 3.63) is 0 Å². The van der Waals surface area contributed by atoms with Crippen molar-refractivity contribution in [2.75, 3.05) is 13.1 Å². The molecule has 6 nitrogen and oxygen atoms in total. The minimum atomic E-state index is -1.00. The van der Waals surface area contributed by atoms with Gasteiger partial charge in [-0.1, -0.05) is 6.42 Å². The molecule has 0 aromatic rings. The SMILES string of the molecule is O=C=NCC1CCCC(CN=C=O)(C(=O)O)C1. The lowest BCUT2D eigenvalue weighted by molar-refractivity contribution is -0.151. The molecule has 1 N–H and O–H groups in total. The maximum Gasteiger partial charge on any atom is 0.311 e. The van der Waals surface area contributed by atoms with Crippen LogP contribution in [0.15, 0.2) is 9.98 Å². The summed E-state index contributed by atoms with van der Waals surface area (Å²) in [5, 5.41) is 9.26. The van der Waals surface area contributed by atoms with E-state index in [1.54, 1.807) is 0 Å². The highest BCUT2D eigenvalue weighted by molar-refractivity contribution is 5.75. The Morgan fingerprint density at radius 3 is 2.65 bits per heavy atom. The highest BCUT2D eigenvalue weighted by Gasteiger charge is 2.42. The van der Waals surface area contributed by atoms with Gasteiger partial charge in [-0.25, -0.2) is 19.6 Å². The van der Waals surface area contributed by atoms with E-state index < -0.39 is 11.4 Å². The van der Waals surface area contributed by atoms with Crippen molar-refractivity contribution in [1.82, 2.24) is 0 Å². The molecule has 0 amide bonds. The standard InChI is InChI=1S/C11H14N2O4/c14-7-12-5-9-2-1-3-11(4-9,10(16)17)6-13-8-15/h9H,1-6H2,(H,16,17). The normalized spacial score (nSPS) is 27.6. The van der Waals surface area contributed by atoms with Gasteiger partial charge in [-0.05, 0) is 25.2 Å². The van der Waals surface area contributed by atoms with E-state index in [0.29, 0.717) is 19.4 Å². The van der Waals surface area contributed by atoms with Crippen molar-refractivity contribution in [3.8, 4) is 0 Å². The minimum absolute atomic E-state index is 0.0446. The lowest BCUT2D eigenvalue weighted by atomic mass is 9.69. The number of rotatable bonds is 5. The zero-order valence-electron chi connectivity index (χ0n) is 9.39. The van der Waals surface area contributed by atoms with Gasteiger partial charge in [0.15, 0.2) is 0 Å². The second-order valence-corrected chi connectivity index (χ2v) is 4.39. The van der Waals surface area contributed by atoms with Crippen LogP contribution in [0, 0.1) is 11.3 Å². The van der Waals surface area contributed by atoms with Crippen LogP contribution in [0.2, 0.25) is 0 Å². The van der Waals surface area contributed by atoms with Crippen LogP contribution < -0.4 is 0 Å². The number of carboxylic acids is 1. The molecule has 2 unspecified atom stereocenters. The number of carboxylic acid groups (broad SMARTS) is 1. The van der Waals surface area contributed by atoms with Gasteiger partial charge in [-0.15, -0.1) is 0 Å². The van der Waals surface area contributed by atoms with E-state index in [-0.39, 0.29) is 12.5 Å². The predicted molar refractivity (Wildman–Crippen MR) is 58.0 cm³/mol. The van der Waals surface area contributed by atoms with Crippen molar-refractivity contribution in [3.63, 3.8) is 0 Å². The Hall–Kier alpha value is -1.77. The Kier molecular flexibility index (Phi) is 4.76. The summed E-state index contributed by atoms with van der Waals surface area (Å²) < 4.78 is 0. The zero-order valence-corrected chi connectivity index (χ0v) is 9.39. The third-order valence-electron chi connectivity index (χ3n) is 3.26. The molecule has 0 saturated heterocycles. The lowest BCUT2D eigenvalue weighted by Gasteiger charge is -2.35. The molecule has 0 spiro atoms. The van der Waals surface area contributed by atoms with Crippen LogP contribution in [-0.2, 0) is 14.4 Å². The summed E-state index contributed by atoms with van der Waals surface area (Å²) in [5.41, 5.74) is -1.00. The van der Waals surface area contributed by atoms with Crippen LogP contribution in [0.4, 0.5) is 0 Å². The molecular formula is C11H14N2O4. The minimum Gasteiger partial charge on any atom is -0.481 e. The fourth-order valence-corrected chi connectivity index (χ4v) is 2.40. The van der Waals surface area contributed by atoms with Gasteiger partial charge in [0, 0.05) is 0 Å².